The summed E-state index contributed by atoms with van der Waals surface area (Å²) in [5.74, 6) is 0. The summed E-state index contributed by atoms with van der Waals surface area (Å²) >= 11 is 0. The Balaban J connectivity index is 2.67. The fourth-order valence-electron chi connectivity index (χ4n) is 1.51. The molecule has 0 saturated carbocycles. The van der Waals surface area contributed by atoms with Crippen LogP contribution in [0.5, 0.6) is 0 Å². The largest absolute Gasteiger partial charge is 0.374 e. The zero-order valence-electron chi connectivity index (χ0n) is 7.90. The van der Waals surface area contributed by atoms with Crippen LogP contribution in [0.2, 0.25) is 0 Å². The van der Waals surface area contributed by atoms with Gasteiger partial charge in [0.05, 0.1) is 12.7 Å². The quantitative estimate of drug-likeness (QED) is 0.572. The van der Waals surface area contributed by atoms with E-state index < -0.39 is 0 Å². The predicted octanol–water partition coefficient (Wildman–Crippen LogP) is 1.37. The van der Waals surface area contributed by atoms with Crippen molar-refractivity contribution in [3.05, 3.63) is 6.92 Å². The van der Waals surface area contributed by atoms with E-state index in [1.54, 1.807) is 0 Å². The van der Waals surface area contributed by atoms with E-state index >= 15 is 0 Å². The molecule has 1 N–H and O–H groups in total. The molecule has 65 valence electrons. The number of nitrogens with one attached hydrogen (secondary N) is 1. The molecule has 0 aliphatic carbocycles. The van der Waals surface area contributed by atoms with Crippen LogP contribution in [0.3, 0.4) is 0 Å². The van der Waals surface area contributed by atoms with E-state index in [9.17, 15) is 0 Å². The van der Waals surface area contributed by atoms with E-state index in [1.165, 1.54) is 0 Å². The van der Waals surface area contributed by atoms with Crippen LogP contribution in [-0.4, -0.2) is 23.8 Å². The molecule has 1 atom stereocenters. The van der Waals surface area contributed by atoms with E-state index in [0.29, 0.717) is 0 Å². The van der Waals surface area contributed by atoms with Crippen molar-refractivity contribution in [2.24, 2.45) is 0 Å². The molecule has 11 heavy (non-hydrogen) atoms. The maximum absolute atomic E-state index is 5.53. The van der Waals surface area contributed by atoms with Gasteiger partial charge in [-0.1, -0.05) is 0 Å². The van der Waals surface area contributed by atoms with Gasteiger partial charge in [0.1, 0.15) is 0 Å². The van der Waals surface area contributed by atoms with Gasteiger partial charge in [0.15, 0.2) is 0 Å². The van der Waals surface area contributed by atoms with Crippen molar-refractivity contribution < 1.29 is 4.74 Å². The summed E-state index contributed by atoms with van der Waals surface area (Å²) in [6.07, 6.45) is 0.0514. The normalized spacial score (nSPS) is 35.2. The fraction of sp³-hybridized carbons (Fsp3) is 0.889. The highest BCUT2D eigenvalue weighted by molar-refractivity contribution is 4.99. The van der Waals surface area contributed by atoms with Gasteiger partial charge in [0.25, 0.3) is 0 Å². The van der Waals surface area contributed by atoms with Gasteiger partial charge < -0.3 is 10.1 Å². The molecule has 1 fully saturated rings. The first-order chi connectivity index (χ1) is 4.83. The van der Waals surface area contributed by atoms with Crippen molar-refractivity contribution in [1.82, 2.24) is 5.32 Å². The molecule has 2 nitrogen and oxygen atoms in total. The zero-order chi connectivity index (χ0) is 8.70. The van der Waals surface area contributed by atoms with E-state index in [4.69, 9.17) is 4.74 Å². The topological polar surface area (TPSA) is 21.3 Å². The minimum absolute atomic E-state index is 0.0122. The summed E-state index contributed by atoms with van der Waals surface area (Å²) in [7, 11) is 0. The Kier molecular flexibility index (Phi) is 2.01. The highest BCUT2D eigenvalue weighted by Crippen LogP contribution is 2.23. The Morgan fingerprint density at radius 3 is 2.27 bits per heavy atom. The minimum Gasteiger partial charge on any atom is -0.374 e. The second kappa shape index (κ2) is 2.46. The highest BCUT2D eigenvalue weighted by atomic mass is 16.5. The number of morpholine rings is 1. The van der Waals surface area contributed by atoms with Crippen LogP contribution in [0.15, 0.2) is 0 Å². The second-order valence-corrected chi connectivity index (χ2v) is 4.53. The molecular weight excluding hydrogens is 138 g/mol. The SMILES string of the molecule is [CH2]C1OCC(C)(C)NC1(C)C. The van der Waals surface area contributed by atoms with Gasteiger partial charge in [-0.05, 0) is 34.6 Å². The van der Waals surface area contributed by atoms with Crippen LogP contribution in [0.1, 0.15) is 27.7 Å². The molecule has 1 aliphatic rings. The summed E-state index contributed by atoms with van der Waals surface area (Å²) in [5.41, 5.74) is 0.0689. The van der Waals surface area contributed by atoms with Gasteiger partial charge in [-0.15, -0.1) is 0 Å². The van der Waals surface area contributed by atoms with Crippen LogP contribution in [0.4, 0.5) is 0 Å². The van der Waals surface area contributed by atoms with Crippen LogP contribution >= 0.6 is 0 Å². The summed E-state index contributed by atoms with van der Waals surface area (Å²) < 4.78 is 5.53. The average molecular weight is 156 g/mol. The molecule has 1 heterocycles. The molecule has 0 spiro atoms. The van der Waals surface area contributed by atoms with Crippen molar-refractivity contribution in [1.29, 1.82) is 0 Å². The smallest absolute Gasteiger partial charge is 0.0753 e. The average Bonchev–Trinajstić information content (AvgIpc) is 1.77. The summed E-state index contributed by atoms with van der Waals surface area (Å²) in [6.45, 7) is 13.2. The molecule has 0 aromatic heterocycles. The summed E-state index contributed by atoms with van der Waals surface area (Å²) in [6, 6.07) is 0. The summed E-state index contributed by atoms with van der Waals surface area (Å²) in [4.78, 5) is 0. The Labute approximate surface area is 69.3 Å². The van der Waals surface area contributed by atoms with Crippen molar-refractivity contribution >= 4 is 0 Å². The maximum Gasteiger partial charge on any atom is 0.0753 e. The van der Waals surface area contributed by atoms with Gasteiger partial charge in [0.2, 0.25) is 0 Å². The van der Waals surface area contributed by atoms with Crippen LogP contribution in [-0.2, 0) is 4.74 Å². The van der Waals surface area contributed by atoms with E-state index in [2.05, 4.69) is 39.9 Å². The van der Waals surface area contributed by atoms with Crippen molar-refractivity contribution in [3.63, 3.8) is 0 Å². The van der Waals surface area contributed by atoms with E-state index in [-0.39, 0.29) is 17.2 Å². The van der Waals surface area contributed by atoms with Crippen molar-refractivity contribution in [3.8, 4) is 0 Å². The molecule has 2 heteroatoms. The number of hydrogen-bond acceptors (Lipinski definition) is 2. The first kappa shape index (κ1) is 9.01. The predicted molar refractivity (Wildman–Crippen MR) is 46.4 cm³/mol. The molecule has 0 aromatic carbocycles. The lowest BCUT2D eigenvalue weighted by Crippen LogP contribution is -2.64. The lowest BCUT2D eigenvalue weighted by atomic mass is 9.90. The maximum atomic E-state index is 5.53. The molecule has 1 aliphatic heterocycles. The molecule has 0 aromatic rings. The Bertz CT molecular complexity index is 152. The van der Waals surface area contributed by atoms with Gasteiger partial charge >= 0.3 is 0 Å². The van der Waals surface area contributed by atoms with Gasteiger partial charge in [0, 0.05) is 11.1 Å². The first-order valence-corrected chi connectivity index (χ1v) is 4.07. The highest BCUT2D eigenvalue weighted by Gasteiger charge is 2.37. The number of ether oxygens (including phenoxy) is 1. The number of rotatable bonds is 0. The van der Waals surface area contributed by atoms with Crippen LogP contribution < -0.4 is 5.32 Å². The molecule has 1 rings (SSSR count). The van der Waals surface area contributed by atoms with E-state index in [1.807, 2.05) is 0 Å². The molecule has 1 radical (unpaired) electrons. The van der Waals surface area contributed by atoms with Gasteiger partial charge in [-0.25, -0.2) is 0 Å². The third kappa shape index (κ3) is 1.94. The van der Waals surface area contributed by atoms with Crippen LogP contribution in [0, 0.1) is 6.92 Å². The third-order valence-corrected chi connectivity index (χ3v) is 2.11. The van der Waals surface area contributed by atoms with Crippen molar-refractivity contribution in [2.45, 2.75) is 44.9 Å². The molecule has 0 amide bonds. The zero-order valence-corrected chi connectivity index (χ0v) is 7.90. The summed E-state index contributed by atoms with van der Waals surface area (Å²) in [5, 5.41) is 3.49. The van der Waals surface area contributed by atoms with Crippen molar-refractivity contribution in [2.75, 3.05) is 6.61 Å². The Morgan fingerprint density at radius 1 is 1.36 bits per heavy atom. The standard InChI is InChI=1S/C9H18NO/c1-7-9(4,5)10-8(2,3)6-11-7/h7,10H,1,6H2,2-5H3. The fourth-order valence-corrected chi connectivity index (χ4v) is 1.51. The second-order valence-electron chi connectivity index (χ2n) is 4.53. The Morgan fingerprint density at radius 2 is 1.91 bits per heavy atom. The first-order valence-electron chi connectivity index (χ1n) is 4.07. The minimum atomic E-state index is -0.0122. The molecule has 0 bridgehead atoms. The van der Waals surface area contributed by atoms with E-state index in [0.717, 1.165) is 6.61 Å². The monoisotopic (exact) mass is 156 g/mol. The molecular formula is C9H18NO. The molecule has 1 saturated heterocycles. The lowest BCUT2D eigenvalue weighted by Gasteiger charge is -2.46. The lowest BCUT2D eigenvalue weighted by molar-refractivity contribution is -0.0602. The van der Waals surface area contributed by atoms with Crippen LogP contribution in [0.25, 0.3) is 0 Å². The van der Waals surface area contributed by atoms with Gasteiger partial charge in [-0.3, -0.25) is 0 Å². The number of hydrogen-bond donors (Lipinski definition) is 1. The van der Waals surface area contributed by atoms with Gasteiger partial charge in [-0.2, -0.15) is 0 Å². The molecule has 1 unspecified atom stereocenters. The third-order valence-electron chi connectivity index (χ3n) is 2.11. The Hall–Kier alpha value is -0.0800.